The molecule has 0 saturated carbocycles. The second-order valence-corrected chi connectivity index (χ2v) is 7.22. The lowest BCUT2D eigenvalue weighted by Gasteiger charge is -2.24. The quantitative estimate of drug-likeness (QED) is 0.720. The number of hydrogen-bond donors (Lipinski definition) is 0. The number of carbonyl (C=O) groups excluding carboxylic acids is 1. The number of nitrogens with zero attached hydrogens (tertiary/aromatic N) is 1. The van der Waals surface area contributed by atoms with Gasteiger partial charge in [-0.15, -0.1) is 0 Å². The van der Waals surface area contributed by atoms with E-state index in [1.54, 1.807) is 25.7 Å². The molecule has 0 bridgehead atoms. The van der Waals surface area contributed by atoms with Crippen LogP contribution in [0.1, 0.15) is 32.3 Å². The van der Waals surface area contributed by atoms with Crippen LogP contribution in [0.15, 0.2) is 18.2 Å². The highest BCUT2D eigenvalue weighted by molar-refractivity contribution is 9.09. The third kappa shape index (κ3) is 3.97. The zero-order valence-electron chi connectivity index (χ0n) is 12.9. The number of hydrogen-bond acceptors (Lipinski definition) is 2. The first kappa shape index (κ1) is 17.2. The lowest BCUT2D eigenvalue weighted by atomic mass is 9.90. The van der Waals surface area contributed by atoms with Crippen molar-refractivity contribution in [2.45, 2.75) is 32.3 Å². The summed E-state index contributed by atoms with van der Waals surface area (Å²) in [6, 6.07) is 3.60. The van der Waals surface area contributed by atoms with E-state index in [1.165, 1.54) is 12.1 Å². The number of carbonyl (C=O) groups is 1. The molecule has 0 radical (unpaired) electrons. The maximum absolute atomic E-state index is 14.0. The monoisotopic (exact) mass is 375 g/mol. The minimum Gasteiger partial charge on any atom is -0.444 e. The van der Waals surface area contributed by atoms with Crippen LogP contribution in [0.3, 0.4) is 0 Å². The predicted molar refractivity (Wildman–Crippen MR) is 84.2 cm³/mol. The summed E-state index contributed by atoms with van der Waals surface area (Å²) in [5.41, 5.74) is -0.128. The molecule has 6 heteroatoms. The maximum Gasteiger partial charge on any atom is 0.410 e. The third-order valence-corrected chi connectivity index (χ3v) is 4.48. The van der Waals surface area contributed by atoms with E-state index in [4.69, 9.17) is 4.74 Å². The molecule has 0 N–H and O–H groups in total. The molecule has 1 heterocycles. The van der Waals surface area contributed by atoms with Gasteiger partial charge in [-0.2, -0.15) is 0 Å². The van der Waals surface area contributed by atoms with Gasteiger partial charge in [-0.1, -0.05) is 22.0 Å². The lowest BCUT2D eigenvalue weighted by Crippen LogP contribution is -2.35. The molecule has 1 aromatic rings. The van der Waals surface area contributed by atoms with Gasteiger partial charge >= 0.3 is 6.09 Å². The van der Waals surface area contributed by atoms with Crippen molar-refractivity contribution in [2.24, 2.45) is 5.92 Å². The summed E-state index contributed by atoms with van der Waals surface area (Å²) in [5, 5.41) is 0.633. The van der Waals surface area contributed by atoms with Gasteiger partial charge in [0.05, 0.1) is 0 Å². The van der Waals surface area contributed by atoms with Crippen molar-refractivity contribution in [3.05, 3.63) is 35.4 Å². The van der Waals surface area contributed by atoms with Gasteiger partial charge in [-0.3, -0.25) is 0 Å². The maximum atomic E-state index is 14.0. The Bertz CT molecular complexity index is 560. The van der Waals surface area contributed by atoms with Gasteiger partial charge in [0.25, 0.3) is 0 Å². The summed E-state index contributed by atoms with van der Waals surface area (Å²) in [6.07, 6.45) is -0.400. The first-order valence-electron chi connectivity index (χ1n) is 7.20. The van der Waals surface area contributed by atoms with E-state index in [2.05, 4.69) is 15.9 Å². The lowest BCUT2D eigenvalue weighted by molar-refractivity contribution is 0.0288. The molecule has 0 aliphatic carbocycles. The summed E-state index contributed by atoms with van der Waals surface area (Å²) < 4.78 is 32.5. The molecular weight excluding hydrogens is 356 g/mol. The van der Waals surface area contributed by atoms with Crippen molar-refractivity contribution < 1.29 is 18.3 Å². The Hall–Kier alpha value is -1.17. The minimum atomic E-state index is -0.598. The van der Waals surface area contributed by atoms with E-state index in [-0.39, 0.29) is 11.8 Å². The molecule has 1 aromatic carbocycles. The average Bonchev–Trinajstić information content (AvgIpc) is 2.80. The summed E-state index contributed by atoms with van der Waals surface area (Å²) in [7, 11) is 0. The molecule has 122 valence electrons. The van der Waals surface area contributed by atoms with Crippen molar-refractivity contribution in [1.29, 1.82) is 0 Å². The van der Waals surface area contributed by atoms with Crippen LogP contribution in [0, 0.1) is 17.6 Å². The van der Waals surface area contributed by atoms with Crippen LogP contribution in [0.4, 0.5) is 13.6 Å². The van der Waals surface area contributed by atoms with Gasteiger partial charge in [-0.25, -0.2) is 13.6 Å². The number of benzene rings is 1. The van der Waals surface area contributed by atoms with Crippen molar-refractivity contribution in [2.75, 3.05) is 18.4 Å². The van der Waals surface area contributed by atoms with Crippen molar-refractivity contribution in [3.8, 4) is 0 Å². The molecular formula is C16H20BrF2NO2. The van der Waals surface area contributed by atoms with Crippen LogP contribution in [-0.2, 0) is 4.74 Å². The van der Waals surface area contributed by atoms with Crippen molar-refractivity contribution in [3.63, 3.8) is 0 Å². The standard InChI is InChI=1S/C16H20BrF2NO2/c1-16(2,3)22-15(21)20-8-10(7-17)13(9-20)12-5-4-11(18)6-14(12)19/h4-6,10,13H,7-9H2,1-3H3/t10-,13-/m0/s1. The molecule has 0 unspecified atom stereocenters. The normalized spacial score (nSPS) is 22.0. The van der Waals surface area contributed by atoms with Crippen LogP contribution >= 0.6 is 15.9 Å². The SMILES string of the molecule is CC(C)(C)OC(=O)N1C[C@H](CBr)[C@@H](c2ccc(F)cc2F)C1. The minimum absolute atomic E-state index is 0.0625. The van der Waals surface area contributed by atoms with Crippen LogP contribution in [0.25, 0.3) is 0 Å². The number of amides is 1. The predicted octanol–water partition coefficient (Wildman–Crippen LogP) is 4.31. The fraction of sp³-hybridized carbons (Fsp3) is 0.562. The zero-order chi connectivity index (χ0) is 16.5. The molecule has 2 rings (SSSR count). The van der Waals surface area contributed by atoms with E-state index in [0.717, 1.165) is 6.07 Å². The average molecular weight is 376 g/mol. The van der Waals surface area contributed by atoms with Gasteiger partial charge in [0.1, 0.15) is 17.2 Å². The zero-order valence-corrected chi connectivity index (χ0v) is 14.5. The first-order chi connectivity index (χ1) is 10.2. The molecule has 0 aromatic heterocycles. The summed E-state index contributed by atoms with van der Waals surface area (Å²) >= 11 is 3.42. The topological polar surface area (TPSA) is 29.5 Å². The summed E-state index contributed by atoms with van der Waals surface area (Å²) in [6.45, 7) is 6.27. The summed E-state index contributed by atoms with van der Waals surface area (Å²) in [5.74, 6) is -1.28. The number of rotatable bonds is 2. The van der Waals surface area contributed by atoms with Gasteiger partial charge < -0.3 is 9.64 Å². The third-order valence-electron chi connectivity index (χ3n) is 3.65. The number of ether oxygens (including phenoxy) is 1. The Morgan fingerprint density at radius 2 is 2.05 bits per heavy atom. The fourth-order valence-electron chi connectivity index (χ4n) is 2.66. The molecule has 1 aliphatic heterocycles. The highest BCUT2D eigenvalue weighted by Crippen LogP contribution is 2.36. The van der Waals surface area contributed by atoms with E-state index < -0.39 is 23.3 Å². The van der Waals surface area contributed by atoms with Crippen LogP contribution in [0.5, 0.6) is 0 Å². The van der Waals surface area contributed by atoms with Crippen molar-refractivity contribution >= 4 is 22.0 Å². The number of alkyl halides is 1. The molecule has 1 saturated heterocycles. The number of halogens is 3. The molecule has 0 spiro atoms. The Morgan fingerprint density at radius 1 is 1.36 bits per heavy atom. The van der Waals surface area contributed by atoms with E-state index in [1.807, 2.05) is 0 Å². The van der Waals surface area contributed by atoms with Crippen LogP contribution in [0.2, 0.25) is 0 Å². The van der Waals surface area contributed by atoms with Gasteiger partial charge in [-0.05, 0) is 38.3 Å². The molecule has 1 fully saturated rings. The number of likely N-dealkylation sites (tertiary alicyclic amines) is 1. The first-order valence-corrected chi connectivity index (χ1v) is 8.32. The van der Waals surface area contributed by atoms with E-state index in [0.29, 0.717) is 24.0 Å². The van der Waals surface area contributed by atoms with Crippen LogP contribution < -0.4 is 0 Å². The molecule has 3 nitrogen and oxygen atoms in total. The Balaban J connectivity index is 2.17. The second kappa shape index (κ2) is 6.52. The highest BCUT2D eigenvalue weighted by atomic mass is 79.9. The molecule has 1 amide bonds. The summed E-state index contributed by atoms with van der Waals surface area (Å²) in [4.78, 5) is 13.8. The smallest absolute Gasteiger partial charge is 0.410 e. The molecule has 2 atom stereocenters. The van der Waals surface area contributed by atoms with Crippen molar-refractivity contribution in [1.82, 2.24) is 4.90 Å². The fourth-order valence-corrected chi connectivity index (χ4v) is 3.31. The second-order valence-electron chi connectivity index (χ2n) is 6.57. The van der Waals surface area contributed by atoms with Gasteiger partial charge in [0.2, 0.25) is 0 Å². The Kier molecular flexibility index (Phi) is 5.10. The molecule has 1 aliphatic rings. The van der Waals surface area contributed by atoms with E-state index in [9.17, 15) is 13.6 Å². The van der Waals surface area contributed by atoms with E-state index >= 15 is 0 Å². The van der Waals surface area contributed by atoms with Gasteiger partial charge in [0, 0.05) is 30.4 Å². The largest absolute Gasteiger partial charge is 0.444 e. The Labute approximate surface area is 137 Å². The Morgan fingerprint density at radius 3 is 2.59 bits per heavy atom. The highest BCUT2D eigenvalue weighted by Gasteiger charge is 2.38. The van der Waals surface area contributed by atoms with Gasteiger partial charge in [0.15, 0.2) is 0 Å². The van der Waals surface area contributed by atoms with Crippen LogP contribution in [-0.4, -0.2) is 35.0 Å². The molecule has 22 heavy (non-hydrogen) atoms.